The van der Waals surface area contributed by atoms with Crippen molar-refractivity contribution in [1.29, 1.82) is 0 Å². The molecule has 4 rings (SSSR count). The maximum atomic E-state index is 12.7. The lowest BCUT2D eigenvalue weighted by molar-refractivity contribution is 0.412. The van der Waals surface area contributed by atoms with Crippen LogP contribution in [-0.2, 0) is 0 Å². The fourth-order valence-corrected chi connectivity index (χ4v) is 3.06. The second kappa shape index (κ2) is 7.51. The number of rotatable bonds is 5. The lowest BCUT2D eigenvalue weighted by atomic mass is 10.2. The van der Waals surface area contributed by atoms with E-state index >= 15 is 0 Å². The van der Waals surface area contributed by atoms with E-state index in [2.05, 4.69) is 15.3 Å². The van der Waals surface area contributed by atoms with Crippen molar-refractivity contribution < 1.29 is 14.6 Å². The monoisotopic (exact) mass is 390 g/mol. The molecule has 29 heavy (non-hydrogen) atoms. The van der Waals surface area contributed by atoms with Gasteiger partial charge in [0.15, 0.2) is 5.65 Å². The molecule has 8 heteroatoms. The predicted octanol–water partition coefficient (Wildman–Crippen LogP) is 3.25. The molecule has 2 heterocycles. The first-order valence-corrected chi connectivity index (χ1v) is 8.77. The van der Waals surface area contributed by atoms with E-state index in [1.54, 1.807) is 37.4 Å². The van der Waals surface area contributed by atoms with E-state index in [1.165, 1.54) is 17.9 Å². The van der Waals surface area contributed by atoms with Gasteiger partial charge in [-0.15, -0.1) is 0 Å². The molecule has 0 saturated heterocycles. The highest BCUT2D eigenvalue weighted by molar-refractivity contribution is 5.84. The molecule has 0 spiro atoms. The number of aromatic nitrogens is 3. The average molecular weight is 390 g/mol. The lowest BCUT2D eigenvalue weighted by Gasteiger charge is -2.15. The first-order valence-electron chi connectivity index (χ1n) is 8.77. The quantitative estimate of drug-likeness (QED) is 0.540. The molecule has 146 valence electrons. The Hall–Kier alpha value is -4.07. The van der Waals surface area contributed by atoms with Crippen LogP contribution < -0.4 is 20.3 Å². The molecule has 2 N–H and O–H groups in total. The summed E-state index contributed by atoms with van der Waals surface area (Å²) in [5, 5.41) is 13.7. The molecule has 0 saturated carbocycles. The van der Waals surface area contributed by atoms with Gasteiger partial charge in [-0.05, 0) is 24.3 Å². The van der Waals surface area contributed by atoms with Crippen molar-refractivity contribution >= 4 is 22.7 Å². The van der Waals surface area contributed by atoms with Crippen molar-refractivity contribution in [2.75, 3.05) is 19.5 Å². The fourth-order valence-electron chi connectivity index (χ4n) is 3.06. The second-order valence-corrected chi connectivity index (χ2v) is 6.13. The van der Waals surface area contributed by atoms with E-state index in [0.29, 0.717) is 28.3 Å². The zero-order valence-electron chi connectivity index (χ0n) is 15.8. The highest BCUT2D eigenvalue weighted by atomic mass is 16.5. The van der Waals surface area contributed by atoms with Crippen LogP contribution in [0.15, 0.2) is 65.6 Å². The zero-order chi connectivity index (χ0) is 20.4. The van der Waals surface area contributed by atoms with E-state index in [9.17, 15) is 9.90 Å². The van der Waals surface area contributed by atoms with Crippen molar-refractivity contribution in [3.63, 3.8) is 0 Å². The minimum absolute atomic E-state index is 0.194. The Morgan fingerprint density at radius 1 is 1.00 bits per heavy atom. The number of para-hydroxylation sites is 4. The van der Waals surface area contributed by atoms with Crippen molar-refractivity contribution in [1.82, 2.24) is 14.5 Å². The molecule has 4 aromatic rings. The highest BCUT2D eigenvalue weighted by Crippen LogP contribution is 2.29. The Bertz CT molecular complexity index is 1250. The van der Waals surface area contributed by atoms with Gasteiger partial charge in [0.05, 0.1) is 31.0 Å². The number of aromatic hydroxyl groups is 1. The van der Waals surface area contributed by atoms with Crippen LogP contribution in [0.25, 0.3) is 16.7 Å². The maximum Gasteiger partial charge on any atom is 0.260 e. The Morgan fingerprint density at radius 2 is 1.69 bits per heavy atom. The van der Waals surface area contributed by atoms with Gasteiger partial charge in [0.25, 0.3) is 5.56 Å². The number of ether oxygens (including phenoxy) is 2. The maximum absolute atomic E-state index is 12.7. The van der Waals surface area contributed by atoms with Crippen molar-refractivity contribution in [3.05, 3.63) is 71.1 Å². The average Bonchev–Trinajstić information content (AvgIpc) is 2.74. The minimum atomic E-state index is -0.443. The third kappa shape index (κ3) is 3.31. The van der Waals surface area contributed by atoms with Crippen LogP contribution in [0, 0.1) is 0 Å². The molecule has 0 atom stereocenters. The van der Waals surface area contributed by atoms with Crippen LogP contribution in [0.5, 0.6) is 17.2 Å². The second-order valence-electron chi connectivity index (χ2n) is 6.13. The number of pyridine rings is 1. The van der Waals surface area contributed by atoms with E-state index in [-0.39, 0.29) is 17.3 Å². The predicted molar refractivity (Wildman–Crippen MR) is 110 cm³/mol. The summed E-state index contributed by atoms with van der Waals surface area (Å²) in [6.07, 6.45) is 1.46. The van der Waals surface area contributed by atoms with Crippen LogP contribution in [0.4, 0.5) is 11.6 Å². The Labute approximate surface area is 166 Å². The molecule has 2 aromatic heterocycles. The molecule has 0 radical (unpaired) electrons. The summed E-state index contributed by atoms with van der Waals surface area (Å²) in [6, 6.07) is 15.5. The lowest BCUT2D eigenvalue weighted by Crippen LogP contribution is -2.19. The van der Waals surface area contributed by atoms with Crippen LogP contribution in [-0.4, -0.2) is 33.9 Å². The summed E-state index contributed by atoms with van der Waals surface area (Å²) >= 11 is 0. The Balaban J connectivity index is 1.93. The molecule has 0 bridgehead atoms. The molecule has 0 unspecified atom stereocenters. The Kier molecular flexibility index (Phi) is 4.74. The van der Waals surface area contributed by atoms with Crippen LogP contribution in [0.1, 0.15) is 0 Å². The van der Waals surface area contributed by atoms with Gasteiger partial charge in [-0.1, -0.05) is 24.3 Å². The number of nitrogens with zero attached hydrogens (tertiary/aromatic N) is 3. The number of fused-ring (bicyclic) bond motifs is 1. The van der Waals surface area contributed by atoms with Crippen molar-refractivity contribution in [2.24, 2.45) is 0 Å². The first-order chi connectivity index (χ1) is 14.1. The number of hydrogen-bond donors (Lipinski definition) is 2. The molecular formula is C21H18N4O4. The van der Waals surface area contributed by atoms with Crippen LogP contribution in [0.3, 0.4) is 0 Å². The number of anilines is 2. The topological polar surface area (TPSA) is 98.5 Å². The molecule has 0 aliphatic rings. The first kappa shape index (κ1) is 18.3. The van der Waals surface area contributed by atoms with Gasteiger partial charge in [0, 0.05) is 12.3 Å². The fraction of sp³-hybridized carbons (Fsp3) is 0.0952. The molecule has 0 fully saturated rings. The largest absolute Gasteiger partial charge is 0.507 e. The molecule has 0 aliphatic carbocycles. The van der Waals surface area contributed by atoms with E-state index in [1.807, 2.05) is 18.2 Å². The van der Waals surface area contributed by atoms with E-state index in [0.717, 1.165) is 6.07 Å². The summed E-state index contributed by atoms with van der Waals surface area (Å²) in [5.74, 6) is 1.17. The summed E-state index contributed by atoms with van der Waals surface area (Å²) in [5.41, 5.74) is 0.973. The smallest absolute Gasteiger partial charge is 0.260 e. The van der Waals surface area contributed by atoms with Gasteiger partial charge in [-0.25, -0.2) is 4.98 Å². The SMILES string of the molecule is COc1ccccc1Nc1ncc2c(O)cc(=O)n(-c3ccccc3OC)c2n1. The number of hydrogen-bond acceptors (Lipinski definition) is 7. The standard InChI is InChI=1S/C21H18N4O4/c1-28-17-9-5-3-7-14(17)23-21-22-12-13-16(26)11-19(27)25(20(13)24-21)15-8-4-6-10-18(15)29-2/h3-12,26H,1-2H3,(H,22,23,24). The van der Waals surface area contributed by atoms with Gasteiger partial charge in [0.2, 0.25) is 5.95 Å². The molecule has 0 amide bonds. The summed E-state index contributed by atoms with van der Waals surface area (Å²) < 4.78 is 12.1. The van der Waals surface area contributed by atoms with Crippen molar-refractivity contribution in [3.8, 4) is 22.9 Å². The van der Waals surface area contributed by atoms with Gasteiger partial charge >= 0.3 is 0 Å². The zero-order valence-corrected chi connectivity index (χ0v) is 15.8. The summed E-state index contributed by atoms with van der Waals surface area (Å²) in [7, 11) is 3.09. The molecular weight excluding hydrogens is 372 g/mol. The Morgan fingerprint density at radius 3 is 2.45 bits per heavy atom. The highest BCUT2D eigenvalue weighted by Gasteiger charge is 2.16. The number of nitrogens with one attached hydrogen (secondary N) is 1. The van der Waals surface area contributed by atoms with E-state index < -0.39 is 5.56 Å². The minimum Gasteiger partial charge on any atom is -0.507 e. The van der Waals surface area contributed by atoms with Gasteiger partial charge in [-0.2, -0.15) is 4.98 Å². The van der Waals surface area contributed by atoms with Crippen LogP contribution in [0.2, 0.25) is 0 Å². The van der Waals surface area contributed by atoms with Crippen molar-refractivity contribution in [2.45, 2.75) is 0 Å². The van der Waals surface area contributed by atoms with Gasteiger partial charge in [0.1, 0.15) is 17.2 Å². The number of benzene rings is 2. The molecule has 0 aliphatic heterocycles. The third-order valence-electron chi connectivity index (χ3n) is 4.42. The van der Waals surface area contributed by atoms with Crippen LogP contribution >= 0.6 is 0 Å². The number of methoxy groups -OCH3 is 2. The van der Waals surface area contributed by atoms with Gasteiger partial charge in [-0.3, -0.25) is 9.36 Å². The molecule has 2 aromatic carbocycles. The van der Waals surface area contributed by atoms with E-state index in [4.69, 9.17) is 9.47 Å². The van der Waals surface area contributed by atoms with Gasteiger partial charge < -0.3 is 19.9 Å². The molecule has 8 nitrogen and oxygen atoms in total. The summed E-state index contributed by atoms with van der Waals surface area (Å²) in [6.45, 7) is 0. The third-order valence-corrected chi connectivity index (χ3v) is 4.42. The summed E-state index contributed by atoms with van der Waals surface area (Å²) in [4.78, 5) is 21.5. The normalized spacial score (nSPS) is 10.7.